The zero-order valence-corrected chi connectivity index (χ0v) is 62.6. The van der Waals surface area contributed by atoms with E-state index in [9.17, 15) is 51.3 Å². The first-order valence-corrected chi connectivity index (χ1v) is 37.8. The maximum Gasteiger partial charge on any atom is 0.425 e. The molecule has 0 radical (unpaired) electrons. The van der Waals surface area contributed by atoms with E-state index in [0.29, 0.717) is 61.3 Å². The number of carbonyl (C=O) groups is 4. The van der Waals surface area contributed by atoms with Crippen LogP contribution in [0.25, 0.3) is 21.5 Å². The van der Waals surface area contributed by atoms with Crippen LogP contribution in [-0.2, 0) is 60.4 Å². The molecule has 14 rings (SSSR count). The molecule has 0 unspecified atom stereocenters. The molecule has 7 N–H and O–H groups in total. The Balaban J connectivity index is 0.000000177. The van der Waals surface area contributed by atoms with Crippen LogP contribution < -0.4 is 16.4 Å². The Morgan fingerprint density at radius 2 is 0.775 bits per heavy atom. The number of ketones is 4. The van der Waals surface area contributed by atoms with Crippen LogP contribution in [0.4, 0.5) is 51.2 Å². The fourth-order valence-electron chi connectivity index (χ4n) is 11.0. The molecule has 12 aromatic rings. The van der Waals surface area contributed by atoms with E-state index in [2.05, 4.69) is 39.5 Å². The number of anilines is 5. The van der Waals surface area contributed by atoms with E-state index >= 15 is 0 Å². The van der Waals surface area contributed by atoms with Crippen molar-refractivity contribution in [3.63, 3.8) is 0 Å². The molecule has 12 aromatic carbocycles. The number of nitrogens with one attached hydrogen (secondary N) is 2. The molecule has 0 spiro atoms. The second kappa shape index (κ2) is 37.4. The molecule has 34 heteroatoms. The number of carbonyl (C=O) groups excluding carboxylic acids is 4. The quantitative estimate of drug-likeness (QED) is 0.0286. The zero-order chi connectivity index (χ0) is 81.0. The highest BCUT2D eigenvalue weighted by atomic mass is 32.2. The van der Waals surface area contributed by atoms with Crippen molar-refractivity contribution in [2.45, 2.75) is 30.6 Å². The Morgan fingerprint density at radius 3 is 1.23 bits per heavy atom. The molecule has 2 aliphatic rings. The van der Waals surface area contributed by atoms with Crippen LogP contribution in [0.2, 0.25) is 0 Å². The summed E-state index contributed by atoms with van der Waals surface area (Å²) in [5.41, 5.74) is 15.7. The van der Waals surface area contributed by atoms with Crippen molar-refractivity contribution in [3.05, 3.63) is 298 Å². The monoisotopic (exact) mass is 1600 g/mol. The summed E-state index contributed by atoms with van der Waals surface area (Å²) in [6.07, 6.45) is 0. The number of hydrogen-bond donors (Lipinski definition) is 6. The largest absolute Gasteiger partial charge is 0.507 e. The summed E-state index contributed by atoms with van der Waals surface area (Å²) in [6, 6.07) is 68.1. The van der Waals surface area contributed by atoms with E-state index in [4.69, 9.17) is 43.6 Å². The lowest BCUT2D eigenvalue weighted by molar-refractivity contribution is 0.0977. The molecule has 0 aromatic heterocycles. The minimum absolute atomic E-state index is 0.0563. The molecule has 29 nitrogen and oxygen atoms in total. The van der Waals surface area contributed by atoms with Gasteiger partial charge in [0.1, 0.15) is 17.2 Å². The van der Waals surface area contributed by atoms with Gasteiger partial charge in [0.15, 0.2) is 28.9 Å². The Morgan fingerprint density at radius 1 is 0.387 bits per heavy atom. The molecule has 0 atom stereocenters. The molecule has 0 fully saturated rings. The van der Waals surface area contributed by atoms with Crippen LogP contribution >= 0.6 is 0 Å². The predicted octanol–water partition coefficient (Wildman–Crippen LogP) is 14.2. The molecule has 0 saturated heterocycles. The first kappa shape index (κ1) is 83.2. The molecule has 0 aliphatic heterocycles. The maximum atomic E-state index is 13.0. The van der Waals surface area contributed by atoms with E-state index in [1.165, 1.54) is 36.4 Å². The molecular formula is C77H61N7O22S5. The number of aryl methyl sites for hydroxylation is 3. The third-order valence-electron chi connectivity index (χ3n) is 16.1. The van der Waals surface area contributed by atoms with Gasteiger partial charge in [-0.3, -0.25) is 27.5 Å². The minimum Gasteiger partial charge on any atom is -0.507 e. The van der Waals surface area contributed by atoms with E-state index in [1.54, 1.807) is 97.9 Å². The summed E-state index contributed by atoms with van der Waals surface area (Å²) >= 11 is 0. The summed E-state index contributed by atoms with van der Waals surface area (Å²) in [7, 11) is -14.7. The number of rotatable bonds is 12. The van der Waals surface area contributed by atoms with Crippen molar-refractivity contribution in [1.29, 1.82) is 0 Å². The molecule has 0 saturated carbocycles. The standard InChI is InChI=1S/2C21H15NO3.C18H17N3O4S.C17H14N2O3S.3O3S/c2*1-12-6-8-13(9-7-12)22-16-10-11-17(23)19-18(16)20(24)14-4-2-3-5-15(14)21(19)25;1-11-8-12-9-14(26(23,24)25-2)10-15(19)16(12)18(22)17(11)21-20-13-6-4-3-5-7-13;1-22-23(20,21)15-11-9-14(10-12-15)18-19-17-8-4-6-13-5-2-3-7-16(13)17;3*1-4(2)3/h2*2-11,22-23H,1H3;3-10,22H,19H2,1-2H3;2-12H,1H3;;;. The molecular weight excluding hydrogens is 1540 g/mol. The van der Waals surface area contributed by atoms with Crippen molar-refractivity contribution >= 4 is 148 Å². The number of phenolic OH excluding ortho intramolecular Hbond substituents is 3. The smallest absolute Gasteiger partial charge is 0.425 e. The normalized spacial score (nSPS) is 11.6. The molecule has 0 bridgehead atoms. The number of benzene rings is 12. The highest BCUT2D eigenvalue weighted by Gasteiger charge is 2.36. The van der Waals surface area contributed by atoms with E-state index in [0.717, 1.165) is 53.2 Å². The Hall–Kier alpha value is -13.5. The molecule has 566 valence electrons. The number of aromatic hydroxyl groups is 3. The molecule has 0 amide bonds. The first-order chi connectivity index (χ1) is 52.7. The van der Waals surface area contributed by atoms with Crippen LogP contribution in [0.3, 0.4) is 0 Å². The van der Waals surface area contributed by atoms with Crippen molar-refractivity contribution in [2.24, 2.45) is 20.5 Å². The second-order valence-corrected chi connectivity index (χ2v) is 27.9. The Labute approximate surface area is 638 Å². The van der Waals surface area contributed by atoms with Gasteiger partial charge in [0.25, 0.3) is 20.2 Å². The topological polar surface area (TPSA) is 469 Å². The number of fused-ring (bicyclic) bond motifs is 6. The van der Waals surface area contributed by atoms with E-state index < -0.39 is 52.1 Å². The number of nitrogen functional groups attached to an aromatic ring is 1. The lowest BCUT2D eigenvalue weighted by atomic mass is 9.82. The minimum atomic E-state index is -3.90. The molecule has 0 heterocycles. The first-order valence-electron chi connectivity index (χ1n) is 31.9. The maximum absolute atomic E-state index is 13.0. The fourth-order valence-corrected chi connectivity index (χ4v) is 12.4. The van der Waals surface area contributed by atoms with Gasteiger partial charge >= 0.3 is 31.8 Å². The van der Waals surface area contributed by atoms with Gasteiger partial charge in [-0.15, -0.1) is 48.1 Å². The van der Waals surface area contributed by atoms with Gasteiger partial charge in [0, 0.05) is 50.1 Å². The lowest BCUT2D eigenvalue weighted by Crippen LogP contribution is -2.22. The summed E-state index contributed by atoms with van der Waals surface area (Å²) in [5.74, 6) is -1.73. The average Bonchev–Trinajstić information content (AvgIpc) is 0.755. The van der Waals surface area contributed by atoms with Crippen LogP contribution in [-0.4, -0.2) is 107 Å². The number of hydrogen-bond acceptors (Lipinski definition) is 29. The summed E-state index contributed by atoms with van der Waals surface area (Å²) in [6.45, 7) is 5.73. The summed E-state index contributed by atoms with van der Waals surface area (Å²) in [4.78, 5) is 51.5. The summed E-state index contributed by atoms with van der Waals surface area (Å²) in [5, 5.41) is 56.9. The Kier molecular flexibility index (Phi) is 28.0. The van der Waals surface area contributed by atoms with Gasteiger partial charge in [0.05, 0.1) is 74.7 Å². The highest BCUT2D eigenvalue weighted by molar-refractivity contribution is 7.87. The average molecular weight is 1600 g/mol. The lowest BCUT2D eigenvalue weighted by Gasteiger charge is -2.21. The van der Waals surface area contributed by atoms with Gasteiger partial charge in [0.2, 0.25) is 0 Å². The second-order valence-electron chi connectivity index (χ2n) is 23.2. The fraction of sp³-hybridized carbons (Fsp3) is 0.0649. The summed E-state index contributed by atoms with van der Waals surface area (Å²) < 4.78 is 132. The van der Waals surface area contributed by atoms with Crippen molar-refractivity contribution < 1.29 is 97.6 Å². The van der Waals surface area contributed by atoms with E-state index in [1.807, 2.05) is 123 Å². The van der Waals surface area contributed by atoms with Crippen LogP contribution in [0.5, 0.6) is 17.2 Å². The van der Waals surface area contributed by atoms with Crippen molar-refractivity contribution in [3.8, 4) is 17.2 Å². The number of nitrogens with two attached hydrogens (primary N) is 1. The van der Waals surface area contributed by atoms with Crippen LogP contribution in [0, 0.1) is 20.8 Å². The van der Waals surface area contributed by atoms with Crippen LogP contribution in [0.1, 0.15) is 80.4 Å². The molecule has 2 aliphatic carbocycles. The van der Waals surface area contributed by atoms with Crippen molar-refractivity contribution in [1.82, 2.24) is 0 Å². The zero-order valence-electron chi connectivity index (χ0n) is 58.5. The number of azo groups is 2. The van der Waals surface area contributed by atoms with Gasteiger partial charge in [-0.2, -0.15) is 27.1 Å². The van der Waals surface area contributed by atoms with Gasteiger partial charge in [-0.05, 0) is 146 Å². The SMILES string of the molecule is COS(=O)(=O)c1cc(N)c2c(O)c(N=Nc3ccccc3)c(C)cc2c1.COS(=O)(=O)c1ccc(N=Nc2cccc3ccccc23)cc1.Cc1ccc(Nc2ccc(O)c3c2C(=O)c2ccccc2C3=O)cc1.Cc1ccc(Nc2ccc(O)c3c2C(=O)c2ccccc2C3=O)cc1.O=S(=O)=O.O=S(=O)=O.O=S(=O)=O. The highest BCUT2D eigenvalue weighted by Crippen LogP contribution is 2.44. The molecule has 111 heavy (non-hydrogen) atoms. The van der Waals surface area contributed by atoms with Gasteiger partial charge < -0.3 is 31.7 Å². The third-order valence-corrected chi connectivity index (χ3v) is 18.6. The third kappa shape index (κ3) is 21.2. The van der Waals surface area contributed by atoms with Crippen molar-refractivity contribution in [2.75, 3.05) is 30.6 Å². The van der Waals surface area contributed by atoms with E-state index in [-0.39, 0.29) is 83.8 Å². The van der Waals surface area contributed by atoms with Crippen LogP contribution in [0.15, 0.2) is 267 Å². The predicted molar refractivity (Wildman–Crippen MR) is 409 cm³/mol. The van der Waals surface area contributed by atoms with Gasteiger partial charge in [-0.25, -0.2) is 0 Å². The number of nitrogens with zero attached hydrogens (tertiary/aromatic N) is 4. The van der Waals surface area contributed by atoms with Gasteiger partial charge in [-0.1, -0.05) is 139 Å². The number of phenols is 3. The Bertz CT molecular complexity index is 6020.